The number of amides is 1. The Labute approximate surface area is 134 Å². The second kappa shape index (κ2) is 6.64. The predicted octanol–water partition coefficient (Wildman–Crippen LogP) is 3.66. The number of hydrogen-bond donors (Lipinski definition) is 1. The first-order valence-electron chi connectivity index (χ1n) is 7.20. The molecule has 21 heavy (non-hydrogen) atoms. The Morgan fingerprint density at radius 2 is 2.24 bits per heavy atom. The van der Waals surface area contributed by atoms with Gasteiger partial charge in [-0.25, -0.2) is 9.78 Å². The highest BCUT2D eigenvalue weighted by atomic mass is 79.9. The van der Waals surface area contributed by atoms with Gasteiger partial charge in [0.2, 0.25) is 0 Å². The first kappa shape index (κ1) is 16.1. The van der Waals surface area contributed by atoms with Gasteiger partial charge in [-0.1, -0.05) is 6.07 Å². The molecule has 0 spiro atoms. The summed E-state index contributed by atoms with van der Waals surface area (Å²) in [5.74, 6) is 0.820. The number of aromatic nitrogens is 1. The Hall–Kier alpha value is -1.30. The number of nitrogens with one attached hydrogen (secondary N) is 1. The van der Waals surface area contributed by atoms with Gasteiger partial charge in [-0.3, -0.25) is 0 Å². The van der Waals surface area contributed by atoms with Crippen molar-refractivity contribution in [2.24, 2.45) is 0 Å². The van der Waals surface area contributed by atoms with Crippen LogP contribution >= 0.6 is 15.9 Å². The smallest absolute Gasteiger partial charge is 0.410 e. The van der Waals surface area contributed by atoms with Crippen molar-refractivity contribution in [2.45, 2.75) is 45.3 Å². The molecule has 0 aliphatic carbocycles. The first-order valence-corrected chi connectivity index (χ1v) is 8.00. The SMILES string of the molecule is CC(C)(C)OC(=O)N1CCCC(Nc2cccc(Br)n2)C1. The lowest BCUT2D eigenvalue weighted by Crippen LogP contribution is -2.47. The van der Waals surface area contributed by atoms with Crippen molar-refractivity contribution in [1.82, 2.24) is 9.88 Å². The van der Waals surface area contributed by atoms with E-state index in [0.717, 1.165) is 29.8 Å². The third-order valence-electron chi connectivity index (χ3n) is 3.14. The minimum atomic E-state index is -0.455. The van der Waals surface area contributed by atoms with Crippen molar-refractivity contribution in [3.05, 3.63) is 22.8 Å². The van der Waals surface area contributed by atoms with Gasteiger partial charge in [-0.15, -0.1) is 0 Å². The van der Waals surface area contributed by atoms with Crippen LogP contribution in [-0.4, -0.2) is 40.7 Å². The standard InChI is InChI=1S/C15H22BrN3O2/c1-15(2,3)21-14(20)19-9-5-6-11(10-19)17-13-8-4-7-12(16)18-13/h4,7-8,11H,5-6,9-10H2,1-3H3,(H,17,18). The highest BCUT2D eigenvalue weighted by molar-refractivity contribution is 9.10. The van der Waals surface area contributed by atoms with Gasteiger partial charge in [0.25, 0.3) is 0 Å². The zero-order valence-corrected chi connectivity index (χ0v) is 14.3. The largest absolute Gasteiger partial charge is 0.444 e. The molecule has 1 aliphatic heterocycles. The van der Waals surface area contributed by atoms with Gasteiger partial charge in [0.05, 0.1) is 0 Å². The van der Waals surface area contributed by atoms with Crippen LogP contribution in [0.2, 0.25) is 0 Å². The molecule has 1 unspecified atom stereocenters. The molecule has 1 atom stereocenters. The molecule has 116 valence electrons. The fraction of sp³-hybridized carbons (Fsp3) is 0.600. The number of nitrogens with zero attached hydrogens (tertiary/aromatic N) is 2. The van der Waals surface area contributed by atoms with E-state index in [4.69, 9.17) is 4.74 Å². The number of halogens is 1. The number of pyridine rings is 1. The summed E-state index contributed by atoms with van der Waals surface area (Å²) >= 11 is 3.36. The lowest BCUT2D eigenvalue weighted by molar-refractivity contribution is 0.0206. The summed E-state index contributed by atoms with van der Waals surface area (Å²) < 4.78 is 6.23. The molecule has 1 aromatic rings. The van der Waals surface area contributed by atoms with Gasteiger partial charge in [-0.2, -0.15) is 0 Å². The predicted molar refractivity (Wildman–Crippen MR) is 86.4 cm³/mol. The van der Waals surface area contributed by atoms with Gasteiger partial charge in [-0.05, 0) is 61.7 Å². The zero-order chi connectivity index (χ0) is 15.5. The number of hydrogen-bond acceptors (Lipinski definition) is 4. The van der Waals surface area contributed by atoms with Crippen molar-refractivity contribution in [2.75, 3.05) is 18.4 Å². The Morgan fingerprint density at radius 3 is 2.90 bits per heavy atom. The average Bonchev–Trinajstić information content (AvgIpc) is 2.37. The monoisotopic (exact) mass is 355 g/mol. The molecule has 0 saturated carbocycles. The third-order valence-corrected chi connectivity index (χ3v) is 3.58. The van der Waals surface area contributed by atoms with Crippen molar-refractivity contribution in [3.8, 4) is 0 Å². The number of carbonyl (C=O) groups excluding carboxylic acids is 1. The quantitative estimate of drug-likeness (QED) is 0.822. The van der Waals surface area contributed by atoms with Gasteiger partial charge < -0.3 is 15.0 Å². The molecule has 1 amide bonds. The van der Waals surface area contributed by atoms with E-state index in [9.17, 15) is 4.79 Å². The number of piperidine rings is 1. The normalized spacial score (nSPS) is 19.2. The third kappa shape index (κ3) is 5.19. The highest BCUT2D eigenvalue weighted by Gasteiger charge is 2.27. The van der Waals surface area contributed by atoms with Gasteiger partial charge in [0.1, 0.15) is 16.0 Å². The van der Waals surface area contributed by atoms with E-state index < -0.39 is 5.60 Å². The van der Waals surface area contributed by atoms with E-state index in [-0.39, 0.29) is 12.1 Å². The number of carbonyl (C=O) groups is 1. The molecular formula is C15H22BrN3O2. The molecule has 1 fully saturated rings. The number of ether oxygens (including phenoxy) is 1. The van der Waals surface area contributed by atoms with Crippen LogP contribution < -0.4 is 5.32 Å². The summed E-state index contributed by atoms with van der Waals surface area (Å²) in [7, 11) is 0. The molecule has 1 aromatic heterocycles. The average molecular weight is 356 g/mol. The highest BCUT2D eigenvalue weighted by Crippen LogP contribution is 2.18. The molecule has 0 aromatic carbocycles. The number of anilines is 1. The van der Waals surface area contributed by atoms with Crippen LogP contribution in [0.25, 0.3) is 0 Å². The summed E-state index contributed by atoms with van der Waals surface area (Å²) in [6.07, 6.45) is 1.74. The van der Waals surface area contributed by atoms with Gasteiger partial charge in [0, 0.05) is 19.1 Å². The van der Waals surface area contributed by atoms with Crippen LogP contribution in [0.15, 0.2) is 22.8 Å². The van der Waals surface area contributed by atoms with E-state index in [2.05, 4.69) is 26.2 Å². The molecule has 2 rings (SSSR count). The van der Waals surface area contributed by atoms with Gasteiger partial charge in [0.15, 0.2) is 0 Å². The van der Waals surface area contributed by atoms with E-state index >= 15 is 0 Å². The van der Waals surface area contributed by atoms with Crippen LogP contribution in [0, 0.1) is 0 Å². The molecule has 6 heteroatoms. The van der Waals surface area contributed by atoms with Crippen LogP contribution in [0.4, 0.5) is 10.6 Å². The molecule has 5 nitrogen and oxygen atoms in total. The fourth-order valence-corrected chi connectivity index (χ4v) is 2.63. The van der Waals surface area contributed by atoms with Crippen LogP contribution in [-0.2, 0) is 4.74 Å². The Balaban J connectivity index is 1.93. The maximum Gasteiger partial charge on any atom is 0.410 e. The van der Waals surface area contributed by atoms with E-state index in [1.54, 1.807) is 4.90 Å². The fourth-order valence-electron chi connectivity index (χ4n) is 2.29. The summed E-state index contributed by atoms with van der Waals surface area (Å²) in [5.41, 5.74) is -0.455. The maximum atomic E-state index is 12.1. The van der Waals surface area contributed by atoms with Crippen LogP contribution in [0.5, 0.6) is 0 Å². The molecule has 1 aliphatic rings. The molecule has 1 N–H and O–H groups in total. The second-order valence-corrected chi connectivity index (χ2v) is 7.07. The molecule has 1 saturated heterocycles. The maximum absolute atomic E-state index is 12.1. The number of rotatable bonds is 2. The van der Waals surface area contributed by atoms with E-state index in [0.29, 0.717) is 6.54 Å². The summed E-state index contributed by atoms with van der Waals surface area (Å²) in [6, 6.07) is 5.96. The summed E-state index contributed by atoms with van der Waals surface area (Å²) in [4.78, 5) is 18.3. The van der Waals surface area contributed by atoms with Crippen molar-refractivity contribution >= 4 is 27.8 Å². The zero-order valence-electron chi connectivity index (χ0n) is 12.7. The lowest BCUT2D eigenvalue weighted by atomic mass is 10.1. The lowest BCUT2D eigenvalue weighted by Gasteiger charge is -2.34. The molecule has 2 heterocycles. The molecule has 0 radical (unpaired) electrons. The second-order valence-electron chi connectivity index (χ2n) is 6.26. The van der Waals surface area contributed by atoms with Crippen molar-refractivity contribution in [3.63, 3.8) is 0 Å². The molecule has 0 bridgehead atoms. The van der Waals surface area contributed by atoms with E-state index in [1.807, 2.05) is 39.0 Å². The van der Waals surface area contributed by atoms with E-state index in [1.165, 1.54) is 0 Å². The van der Waals surface area contributed by atoms with Crippen LogP contribution in [0.1, 0.15) is 33.6 Å². The minimum Gasteiger partial charge on any atom is -0.444 e. The topological polar surface area (TPSA) is 54.5 Å². The first-order chi connectivity index (χ1) is 9.83. The Morgan fingerprint density at radius 1 is 1.48 bits per heavy atom. The Kier molecular flexibility index (Phi) is 5.08. The van der Waals surface area contributed by atoms with Crippen molar-refractivity contribution in [1.29, 1.82) is 0 Å². The van der Waals surface area contributed by atoms with Gasteiger partial charge >= 0.3 is 6.09 Å². The minimum absolute atomic E-state index is 0.202. The Bertz CT molecular complexity index is 502. The van der Waals surface area contributed by atoms with Crippen molar-refractivity contribution < 1.29 is 9.53 Å². The van der Waals surface area contributed by atoms with Crippen LogP contribution in [0.3, 0.4) is 0 Å². The number of likely N-dealkylation sites (tertiary alicyclic amines) is 1. The molecular weight excluding hydrogens is 334 g/mol. The summed E-state index contributed by atoms with van der Waals surface area (Å²) in [6.45, 7) is 7.05. The summed E-state index contributed by atoms with van der Waals surface area (Å²) in [5, 5.41) is 3.38.